The van der Waals surface area contributed by atoms with Gasteiger partial charge >= 0.3 is 0 Å². The van der Waals surface area contributed by atoms with Gasteiger partial charge < -0.3 is 5.32 Å². The lowest BCUT2D eigenvalue weighted by Crippen LogP contribution is -2.32. The number of carbonyl (C=O) groups excluding carboxylic acids is 2. The molecule has 3 aromatic rings. The predicted molar refractivity (Wildman–Crippen MR) is 118 cm³/mol. The highest BCUT2D eigenvalue weighted by Gasteiger charge is 2.40. The minimum absolute atomic E-state index is 0.145. The SMILES string of the molecule is Cc1ccc(N2C(=O)C(Nc3ccc(F)cc3)=C(Sc3ccc(Cl)cc3)C2=O)cc1. The number of halogens is 2. The molecule has 2 amide bonds. The van der Waals surface area contributed by atoms with E-state index in [2.05, 4.69) is 5.32 Å². The molecular formula is C23H16ClFN2O2S. The average Bonchev–Trinajstić information content (AvgIpc) is 2.96. The largest absolute Gasteiger partial charge is 0.350 e. The summed E-state index contributed by atoms with van der Waals surface area (Å²) in [6, 6.07) is 19.7. The van der Waals surface area contributed by atoms with E-state index >= 15 is 0 Å². The van der Waals surface area contributed by atoms with Crippen molar-refractivity contribution >= 4 is 46.6 Å². The smallest absolute Gasteiger partial charge is 0.283 e. The first-order chi connectivity index (χ1) is 14.4. The Kier molecular flexibility index (Phi) is 5.61. The van der Waals surface area contributed by atoms with Crippen molar-refractivity contribution in [3.05, 3.63) is 99.8 Å². The summed E-state index contributed by atoms with van der Waals surface area (Å²) < 4.78 is 13.3. The standard InChI is InChI=1S/C23H16ClFN2O2S/c1-14-2-10-18(11-3-14)27-22(28)20(26-17-8-6-16(25)7-9-17)21(23(27)29)30-19-12-4-15(24)5-13-19/h2-13,26H,1H3. The second-order valence-corrected chi connectivity index (χ2v) is 8.19. The lowest BCUT2D eigenvalue weighted by molar-refractivity contribution is -0.120. The quantitative estimate of drug-likeness (QED) is 0.513. The lowest BCUT2D eigenvalue weighted by atomic mass is 10.2. The van der Waals surface area contributed by atoms with Gasteiger partial charge in [-0.3, -0.25) is 9.59 Å². The van der Waals surface area contributed by atoms with Crippen molar-refractivity contribution in [2.45, 2.75) is 11.8 Å². The van der Waals surface area contributed by atoms with Crippen LogP contribution in [0.15, 0.2) is 88.3 Å². The molecule has 0 bridgehead atoms. The number of nitrogens with one attached hydrogen (secondary N) is 1. The van der Waals surface area contributed by atoms with Crippen LogP contribution in [0.1, 0.15) is 5.56 Å². The minimum atomic E-state index is -0.468. The highest BCUT2D eigenvalue weighted by Crippen LogP contribution is 2.38. The van der Waals surface area contributed by atoms with Crippen molar-refractivity contribution in [3.63, 3.8) is 0 Å². The number of nitrogens with zero attached hydrogens (tertiary/aromatic N) is 1. The maximum absolute atomic E-state index is 13.3. The average molecular weight is 439 g/mol. The third-order valence-electron chi connectivity index (χ3n) is 4.48. The lowest BCUT2D eigenvalue weighted by Gasteiger charge is -2.15. The molecule has 0 unspecified atom stereocenters. The van der Waals surface area contributed by atoms with Crippen LogP contribution < -0.4 is 10.2 Å². The number of carbonyl (C=O) groups is 2. The van der Waals surface area contributed by atoms with Gasteiger partial charge in [0.05, 0.1) is 5.69 Å². The fourth-order valence-electron chi connectivity index (χ4n) is 2.94. The van der Waals surface area contributed by atoms with Crippen LogP contribution in [-0.4, -0.2) is 11.8 Å². The van der Waals surface area contributed by atoms with Crippen LogP contribution in [0.3, 0.4) is 0 Å². The Balaban J connectivity index is 1.73. The monoisotopic (exact) mass is 438 g/mol. The van der Waals surface area contributed by atoms with Gasteiger partial charge in [0, 0.05) is 15.6 Å². The molecular weight excluding hydrogens is 423 g/mol. The van der Waals surface area contributed by atoms with E-state index in [9.17, 15) is 14.0 Å². The van der Waals surface area contributed by atoms with E-state index in [0.717, 1.165) is 15.4 Å². The Hall–Kier alpha value is -3.09. The Labute approximate surface area is 182 Å². The van der Waals surface area contributed by atoms with E-state index in [4.69, 9.17) is 11.6 Å². The van der Waals surface area contributed by atoms with Gasteiger partial charge in [-0.05, 0) is 67.6 Å². The van der Waals surface area contributed by atoms with Crippen LogP contribution in [0.5, 0.6) is 0 Å². The normalized spacial score (nSPS) is 13.9. The number of hydrogen-bond acceptors (Lipinski definition) is 4. The zero-order valence-electron chi connectivity index (χ0n) is 15.9. The van der Waals surface area contributed by atoms with E-state index in [-0.39, 0.29) is 16.4 Å². The summed E-state index contributed by atoms with van der Waals surface area (Å²) in [6.45, 7) is 1.93. The van der Waals surface area contributed by atoms with Crippen LogP contribution in [-0.2, 0) is 9.59 Å². The van der Waals surface area contributed by atoms with Crippen LogP contribution in [0, 0.1) is 12.7 Å². The number of imide groups is 1. The molecule has 0 spiro atoms. The van der Waals surface area contributed by atoms with Crippen molar-refractivity contribution in [1.82, 2.24) is 0 Å². The number of benzene rings is 3. The van der Waals surface area contributed by atoms with Gasteiger partial charge in [-0.25, -0.2) is 9.29 Å². The number of thioether (sulfide) groups is 1. The zero-order chi connectivity index (χ0) is 21.3. The number of anilines is 2. The van der Waals surface area contributed by atoms with E-state index < -0.39 is 11.8 Å². The van der Waals surface area contributed by atoms with Gasteiger partial charge in [0.25, 0.3) is 11.8 Å². The van der Waals surface area contributed by atoms with Gasteiger partial charge in [0.2, 0.25) is 0 Å². The zero-order valence-corrected chi connectivity index (χ0v) is 17.4. The second-order valence-electron chi connectivity index (χ2n) is 6.67. The molecule has 4 nitrogen and oxygen atoms in total. The summed E-state index contributed by atoms with van der Waals surface area (Å²) in [6.07, 6.45) is 0. The third kappa shape index (κ3) is 4.10. The molecule has 0 fully saturated rings. The molecule has 1 aliphatic heterocycles. The molecule has 1 aliphatic rings. The van der Waals surface area contributed by atoms with E-state index in [1.807, 2.05) is 19.1 Å². The van der Waals surface area contributed by atoms with Gasteiger partial charge in [0.15, 0.2) is 0 Å². The molecule has 1 heterocycles. The Morgan fingerprint density at radius 2 is 1.50 bits per heavy atom. The number of amides is 2. The first-order valence-electron chi connectivity index (χ1n) is 9.08. The Morgan fingerprint density at radius 1 is 0.867 bits per heavy atom. The van der Waals surface area contributed by atoms with Gasteiger partial charge in [-0.15, -0.1) is 0 Å². The van der Waals surface area contributed by atoms with Crippen molar-refractivity contribution in [3.8, 4) is 0 Å². The molecule has 3 aromatic carbocycles. The summed E-state index contributed by atoms with van der Waals surface area (Å²) >= 11 is 7.13. The fourth-order valence-corrected chi connectivity index (χ4v) is 3.99. The molecule has 0 atom stereocenters. The summed E-state index contributed by atoms with van der Waals surface area (Å²) in [5.41, 5.74) is 2.16. The molecule has 7 heteroatoms. The molecule has 1 N–H and O–H groups in total. The molecule has 0 aromatic heterocycles. The van der Waals surface area contributed by atoms with E-state index in [1.54, 1.807) is 36.4 Å². The van der Waals surface area contributed by atoms with Crippen LogP contribution in [0.2, 0.25) is 5.02 Å². The maximum atomic E-state index is 13.3. The predicted octanol–water partition coefficient (Wildman–Crippen LogP) is 5.78. The van der Waals surface area contributed by atoms with Crippen molar-refractivity contribution in [1.29, 1.82) is 0 Å². The van der Waals surface area contributed by atoms with E-state index in [0.29, 0.717) is 16.4 Å². The minimum Gasteiger partial charge on any atom is -0.350 e. The van der Waals surface area contributed by atoms with Crippen molar-refractivity contribution < 1.29 is 14.0 Å². The van der Waals surface area contributed by atoms with Gasteiger partial charge in [-0.2, -0.15) is 0 Å². The van der Waals surface area contributed by atoms with Crippen molar-refractivity contribution in [2.24, 2.45) is 0 Å². The van der Waals surface area contributed by atoms with Gasteiger partial charge in [0.1, 0.15) is 16.4 Å². The number of aryl methyl sites for hydroxylation is 1. The molecule has 30 heavy (non-hydrogen) atoms. The van der Waals surface area contributed by atoms with Crippen molar-refractivity contribution in [2.75, 3.05) is 10.2 Å². The fraction of sp³-hybridized carbons (Fsp3) is 0.0435. The number of rotatable bonds is 5. The van der Waals surface area contributed by atoms with Gasteiger partial charge in [-0.1, -0.05) is 41.1 Å². The summed E-state index contributed by atoms with van der Waals surface area (Å²) in [4.78, 5) is 28.6. The molecule has 0 radical (unpaired) electrons. The summed E-state index contributed by atoms with van der Waals surface area (Å²) in [7, 11) is 0. The Bertz CT molecular complexity index is 1070. The second kappa shape index (κ2) is 8.34. The third-order valence-corrected chi connectivity index (χ3v) is 5.82. The highest BCUT2D eigenvalue weighted by molar-refractivity contribution is 8.04. The molecule has 150 valence electrons. The molecule has 0 saturated heterocycles. The van der Waals surface area contributed by atoms with Crippen LogP contribution in [0.25, 0.3) is 0 Å². The summed E-state index contributed by atoms with van der Waals surface area (Å²) in [5.74, 6) is -1.28. The first-order valence-corrected chi connectivity index (χ1v) is 10.3. The van der Waals surface area contributed by atoms with Crippen LogP contribution in [0.4, 0.5) is 15.8 Å². The highest BCUT2D eigenvalue weighted by atomic mass is 35.5. The molecule has 0 aliphatic carbocycles. The van der Waals surface area contributed by atoms with Crippen LogP contribution >= 0.6 is 23.4 Å². The topological polar surface area (TPSA) is 49.4 Å². The summed E-state index contributed by atoms with van der Waals surface area (Å²) in [5, 5.41) is 3.57. The Morgan fingerprint density at radius 3 is 2.13 bits per heavy atom. The number of hydrogen-bond donors (Lipinski definition) is 1. The molecule has 0 saturated carbocycles. The molecule has 4 rings (SSSR count). The maximum Gasteiger partial charge on any atom is 0.283 e. The van der Waals surface area contributed by atoms with E-state index in [1.165, 1.54) is 36.0 Å². The first kappa shape index (κ1) is 20.2.